The van der Waals surface area contributed by atoms with Crippen molar-refractivity contribution in [2.45, 2.75) is 58.4 Å². The van der Waals surface area contributed by atoms with Crippen LogP contribution in [0.4, 0.5) is 5.69 Å². The van der Waals surface area contributed by atoms with Crippen molar-refractivity contribution >= 4 is 29.1 Å². The summed E-state index contributed by atoms with van der Waals surface area (Å²) >= 11 is 1.86. The van der Waals surface area contributed by atoms with E-state index in [9.17, 15) is 0 Å². The molecule has 0 fully saturated rings. The molecule has 3 aromatic rings. The third kappa shape index (κ3) is 6.20. The summed E-state index contributed by atoms with van der Waals surface area (Å²) in [4.78, 5) is 10.6. The number of benzene rings is 3. The van der Waals surface area contributed by atoms with Gasteiger partial charge in [0.25, 0.3) is 0 Å². The Kier molecular flexibility index (Phi) is 8.67. The summed E-state index contributed by atoms with van der Waals surface area (Å²) < 4.78 is 2.48. The van der Waals surface area contributed by atoms with Crippen LogP contribution in [0.15, 0.2) is 105 Å². The standard InChI is InChI=1S/C34H38N4S/c1-5-6-20-38(33-23-36-26(4)25(33)3)39-34-16-10-8-13-30(34)29-18-17-27(32-15-11-19-35-32)21-28(29)22-37-31-14-9-7-12-24(31)2/h7-14,16-19,21,37H,5-6,15,20,22-23H2,1-4H3. The SMILES string of the molecule is CCCCN(Sc1ccccc1-c1ccc(C2=NC=CC2)cc1CNc1ccccc1C)C1=C(C)C(C)=NC1. The topological polar surface area (TPSA) is 40.0 Å². The lowest BCUT2D eigenvalue weighted by atomic mass is 9.95. The van der Waals surface area contributed by atoms with Gasteiger partial charge in [0.1, 0.15) is 0 Å². The molecular formula is C34H38N4S. The van der Waals surface area contributed by atoms with Gasteiger partial charge in [-0.1, -0.05) is 68.0 Å². The van der Waals surface area contributed by atoms with Crippen molar-refractivity contribution in [1.29, 1.82) is 0 Å². The smallest absolute Gasteiger partial charge is 0.0803 e. The van der Waals surface area contributed by atoms with Crippen molar-refractivity contribution in [1.82, 2.24) is 4.31 Å². The number of rotatable bonds is 11. The Labute approximate surface area is 237 Å². The monoisotopic (exact) mass is 534 g/mol. The molecule has 0 bridgehead atoms. The number of allylic oxidation sites excluding steroid dienone is 2. The summed E-state index contributed by atoms with van der Waals surface area (Å²) in [5.74, 6) is 0. The molecule has 0 spiro atoms. The Morgan fingerprint density at radius 3 is 2.51 bits per heavy atom. The number of aliphatic imine (C=N–C) groups is 2. The van der Waals surface area contributed by atoms with Crippen LogP contribution in [0.2, 0.25) is 0 Å². The lowest BCUT2D eigenvalue weighted by Gasteiger charge is -2.26. The van der Waals surface area contributed by atoms with E-state index in [-0.39, 0.29) is 0 Å². The fraction of sp³-hybridized carbons (Fsp3) is 0.294. The quantitative estimate of drug-likeness (QED) is 0.250. The molecule has 0 saturated heterocycles. The van der Waals surface area contributed by atoms with E-state index in [0.29, 0.717) is 0 Å². The second-order valence-corrected chi connectivity index (χ2v) is 11.3. The largest absolute Gasteiger partial charge is 0.381 e. The van der Waals surface area contributed by atoms with Gasteiger partial charge in [-0.15, -0.1) is 0 Å². The molecule has 2 heterocycles. The number of anilines is 1. The minimum Gasteiger partial charge on any atom is -0.381 e. The average Bonchev–Trinajstić information content (AvgIpc) is 3.61. The van der Waals surface area contributed by atoms with Gasteiger partial charge in [0, 0.05) is 42.0 Å². The van der Waals surface area contributed by atoms with Crippen LogP contribution in [0.3, 0.4) is 0 Å². The van der Waals surface area contributed by atoms with Crippen molar-refractivity contribution in [2.75, 3.05) is 18.4 Å². The Hall–Kier alpha value is -3.57. The molecule has 0 aliphatic carbocycles. The molecular weight excluding hydrogens is 496 g/mol. The second kappa shape index (κ2) is 12.5. The molecule has 0 saturated carbocycles. The van der Waals surface area contributed by atoms with Crippen LogP contribution in [-0.4, -0.2) is 28.8 Å². The fourth-order valence-corrected chi connectivity index (χ4v) is 6.20. The first-order chi connectivity index (χ1) is 19.0. The Morgan fingerprint density at radius 2 is 1.77 bits per heavy atom. The molecule has 0 amide bonds. The molecule has 5 heteroatoms. The Morgan fingerprint density at radius 1 is 0.949 bits per heavy atom. The fourth-order valence-electron chi connectivity index (χ4n) is 5.03. The predicted octanol–water partition coefficient (Wildman–Crippen LogP) is 8.84. The van der Waals surface area contributed by atoms with Crippen molar-refractivity contribution in [2.24, 2.45) is 9.98 Å². The molecule has 5 rings (SSSR count). The van der Waals surface area contributed by atoms with E-state index in [4.69, 9.17) is 4.99 Å². The van der Waals surface area contributed by atoms with Crippen LogP contribution in [-0.2, 0) is 6.54 Å². The van der Waals surface area contributed by atoms with Crippen LogP contribution in [0, 0.1) is 6.92 Å². The van der Waals surface area contributed by atoms with Gasteiger partial charge >= 0.3 is 0 Å². The first-order valence-electron chi connectivity index (χ1n) is 14.0. The molecule has 0 radical (unpaired) electrons. The highest BCUT2D eigenvalue weighted by molar-refractivity contribution is 7.97. The molecule has 2 aliphatic heterocycles. The van der Waals surface area contributed by atoms with Crippen LogP contribution in [0.1, 0.15) is 56.7 Å². The Bertz CT molecular complexity index is 1460. The van der Waals surface area contributed by atoms with Gasteiger partial charge in [-0.2, -0.15) is 0 Å². The molecule has 0 aromatic heterocycles. The number of nitrogens with one attached hydrogen (secondary N) is 1. The van der Waals surface area contributed by atoms with Gasteiger partial charge in [0.15, 0.2) is 0 Å². The van der Waals surface area contributed by atoms with Crippen molar-refractivity contribution in [3.05, 3.63) is 107 Å². The third-order valence-electron chi connectivity index (χ3n) is 7.54. The summed E-state index contributed by atoms with van der Waals surface area (Å²) in [7, 11) is 0. The van der Waals surface area contributed by atoms with E-state index in [2.05, 4.69) is 115 Å². The highest BCUT2D eigenvalue weighted by Gasteiger charge is 2.21. The van der Waals surface area contributed by atoms with Gasteiger partial charge in [-0.3, -0.25) is 9.98 Å². The number of unbranched alkanes of at least 4 members (excludes halogenated alkanes) is 1. The van der Waals surface area contributed by atoms with Gasteiger partial charge in [0.05, 0.1) is 18.0 Å². The van der Waals surface area contributed by atoms with E-state index in [1.807, 2.05) is 18.1 Å². The zero-order chi connectivity index (χ0) is 27.2. The number of para-hydroxylation sites is 1. The van der Waals surface area contributed by atoms with Crippen molar-refractivity contribution in [3.8, 4) is 11.1 Å². The highest BCUT2D eigenvalue weighted by atomic mass is 32.2. The van der Waals surface area contributed by atoms with E-state index >= 15 is 0 Å². The number of hydrogen-bond acceptors (Lipinski definition) is 5. The minimum absolute atomic E-state index is 0.741. The molecule has 0 atom stereocenters. The molecule has 200 valence electrons. The number of hydrogen-bond donors (Lipinski definition) is 1. The summed E-state index contributed by atoms with van der Waals surface area (Å²) in [6.07, 6.45) is 7.24. The first kappa shape index (κ1) is 27.0. The van der Waals surface area contributed by atoms with Crippen molar-refractivity contribution in [3.63, 3.8) is 0 Å². The maximum atomic E-state index is 4.73. The maximum Gasteiger partial charge on any atom is 0.0803 e. The summed E-state index contributed by atoms with van der Waals surface area (Å²) in [6, 6.07) is 24.2. The normalized spacial score (nSPS) is 14.6. The van der Waals surface area contributed by atoms with Crippen LogP contribution >= 0.6 is 11.9 Å². The summed E-state index contributed by atoms with van der Waals surface area (Å²) in [6.45, 7) is 11.3. The first-order valence-corrected chi connectivity index (χ1v) is 14.7. The summed E-state index contributed by atoms with van der Waals surface area (Å²) in [5, 5.41) is 3.71. The second-order valence-electron chi connectivity index (χ2n) is 10.2. The summed E-state index contributed by atoms with van der Waals surface area (Å²) in [5.41, 5.74) is 12.3. The predicted molar refractivity (Wildman–Crippen MR) is 169 cm³/mol. The van der Waals surface area contributed by atoms with Crippen LogP contribution < -0.4 is 5.32 Å². The van der Waals surface area contributed by atoms with Crippen LogP contribution in [0.25, 0.3) is 11.1 Å². The van der Waals surface area contributed by atoms with Crippen LogP contribution in [0.5, 0.6) is 0 Å². The maximum absolute atomic E-state index is 4.73. The molecule has 2 aliphatic rings. The van der Waals surface area contributed by atoms with Gasteiger partial charge in [-0.25, -0.2) is 0 Å². The van der Waals surface area contributed by atoms with E-state index < -0.39 is 0 Å². The van der Waals surface area contributed by atoms with Gasteiger partial charge < -0.3 is 9.62 Å². The minimum atomic E-state index is 0.741. The Balaban J connectivity index is 1.51. The lowest BCUT2D eigenvalue weighted by Crippen LogP contribution is -2.19. The lowest BCUT2D eigenvalue weighted by molar-refractivity contribution is 0.534. The van der Waals surface area contributed by atoms with E-state index in [1.54, 1.807) is 0 Å². The molecule has 39 heavy (non-hydrogen) atoms. The van der Waals surface area contributed by atoms with Crippen molar-refractivity contribution < 1.29 is 0 Å². The van der Waals surface area contributed by atoms with Gasteiger partial charge in [0.2, 0.25) is 0 Å². The zero-order valence-corrected chi connectivity index (χ0v) is 24.3. The highest BCUT2D eigenvalue weighted by Crippen LogP contribution is 2.39. The molecule has 0 unspecified atom stereocenters. The molecule has 1 N–H and O–H groups in total. The average molecular weight is 535 g/mol. The third-order valence-corrected chi connectivity index (χ3v) is 8.72. The van der Waals surface area contributed by atoms with E-state index in [0.717, 1.165) is 43.9 Å². The van der Waals surface area contributed by atoms with E-state index in [1.165, 1.54) is 56.1 Å². The molecule has 3 aromatic carbocycles. The zero-order valence-electron chi connectivity index (χ0n) is 23.5. The molecule has 4 nitrogen and oxygen atoms in total. The number of nitrogens with zero attached hydrogens (tertiary/aromatic N) is 3. The number of aryl methyl sites for hydroxylation is 1. The van der Waals surface area contributed by atoms with Gasteiger partial charge in [-0.05, 0) is 90.7 Å².